The van der Waals surface area contributed by atoms with E-state index >= 15 is 0 Å². The van der Waals surface area contributed by atoms with Gasteiger partial charge in [0.1, 0.15) is 49.7 Å². The van der Waals surface area contributed by atoms with Gasteiger partial charge in [0.25, 0.3) is 0 Å². The number of nitrogens with zero attached hydrogens (tertiary/aromatic N) is 10. The second kappa shape index (κ2) is 23.2. The highest BCUT2D eigenvalue weighted by Gasteiger charge is 2.42. The second-order valence-corrected chi connectivity index (χ2v) is 20.8. The molecule has 4 N–H and O–H groups in total. The third-order valence-electron chi connectivity index (χ3n) is 13.8. The van der Waals surface area contributed by atoms with Crippen LogP contribution in [0.4, 0.5) is 70.6 Å². The van der Waals surface area contributed by atoms with Gasteiger partial charge in [0.15, 0.2) is 17.4 Å². The van der Waals surface area contributed by atoms with Crippen molar-refractivity contribution in [2.75, 3.05) is 82.8 Å². The van der Waals surface area contributed by atoms with Crippen molar-refractivity contribution >= 4 is 69.9 Å². The summed E-state index contributed by atoms with van der Waals surface area (Å²) in [5, 5.41) is 24.3. The maximum Gasteiger partial charge on any atom is 0.416 e. The molecule has 20 nitrogen and oxygen atoms in total. The van der Waals surface area contributed by atoms with Gasteiger partial charge in [0, 0.05) is 49.4 Å². The number of hydrogen-bond acceptors (Lipinski definition) is 16. The van der Waals surface area contributed by atoms with Crippen LogP contribution in [0.15, 0.2) is 85.5 Å². The zero-order chi connectivity index (χ0) is 57.4. The van der Waals surface area contributed by atoms with Gasteiger partial charge in [0.05, 0.1) is 69.2 Å². The number of carbonyl (C=O) groups excluding carboxylic acids is 2. The quantitative estimate of drug-likeness (QED) is 0.0886. The number of benzene rings is 2. The normalized spacial score (nSPS) is 19.4. The molecule has 5 aliphatic rings. The van der Waals surface area contributed by atoms with E-state index in [-0.39, 0.29) is 93.2 Å². The van der Waals surface area contributed by atoms with Gasteiger partial charge in [0.2, 0.25) is 11.8 Å². The van der Waals surface area contributed by atoms with Gasteiger partial charge in [-0.25, -0.2) is 39.5 Å². The lowest BCUT2D eigenvalue weighted by Crippen LogP contribution is -2.56. The van der Waals surface area contributed by atoms with E-state index in [1.54, 1.807) is 12.1 Å². The maximum atomic E-state index is 13.7. The molecule has 6 aromatic rings. The van der Waals surface area contributed by atoms with Gasteiger partial charge in [-0.05, 0) is 75.9 Å². The summed E-state index contributed by atoms with van der Waals surface area (Å²) >= 11 is 13.1. The van der Waals surface area contributed by atoms with Crippen molar-refractivity contribution in [1.82, 2.24) is 29.9 Å². The number of nitrogens with one attached hydrogen (secondary N) is 2. The molecule has 3 fully saturated rings. The number of aliphatic hydroxyl groups is 2. The molecule has 0 aliphatic carbocycles. The fourth-order valence-electron chi connectivity index (χ4n) is 10.1. The number of ether oxygens (including phenoxy) is 4. The fourth-order valence-corrected chi connectivity index (χ4v) is 10.6. The Labute approximate surface area is 469 Å². The molecular weight excluding hydrogens is 1120 g/mol. The van der Waals surface area contributed by atoms with E-state index in [4.69, 9.17) is 47.3 Å². The minimum Gasteiger partial charge on any atom is -0.475 e. The van der Waals surface area contributed by atoms with Crippen LogP contribution in [0.5, 0.6) is 11.8 Å². The number of pyridine rings is 2. The molecule has 4 amide bonds. The molecule has 4 atom stereocenters. The summed E-state index contributed by atoms with van der Waals surface area (Å²) < 4.78 is 103. The van der Waals surface area contributed by atoms with Crippen LogP contribution in [0.3, 0.4) is 0 Å². The number of halogens is 8. The number of anilines is 6. The highest BCUT2D eigenvalue weighted by Crippen LogP contribution is 2.45. The number of aromatic nitrogens is 6. The lowest BCUT2D eigenvalue weighted by atomic mass is 9.99. The topological polar surface area (TPSA) is 226 Å². The first-order valence-electron chi connectivity index (χ1n) is 25.6. The Bertz CT molecular complexity index is 3310. The van der Waals surface area contributed by atoms with Crippen LogP contribution in [0.1, 0.15) is 50.7 Å². The maximum absolute atomic E-state index is 13.7. The van der Waals surface area contributed by atoms with Crippen molar-refractivity contribution in [2.45, 2.75) is 82.0 Å². The van der Waals surface area contributed by atoms with E-state index in [1.807, 2.05) is 13.8 Å². The molecule has 4 aromatic heterocycles. The monoisotopic (exact) mass is 1170 g/mol. The highest BCUT2D eigenvalue weighted by molar-refractivity contribution is 6.34. The molecule has 11 rings (SSSR count). The number of amides is 4. The largest absolute Gasteiger partial charge is 0.475 e. The van der Waals surface area contributed by atoms with E-state index in [0.717, 1.165) is 56.6 Å². The van der Waals surface area contributed by atoms with Crippen LogP contribution < -0.4 is 39.7 Å². The number of urea groups is 2. The number of fused-ring (bicyclic) bond motifs is 8. The molecule has 28 heteroatoms. The van der Waals surface area contributed by atoms with Gasteiger partial charge in [-0.1, -0.05) is 47.5 Å². The minimum absolute atomic E-state index is 0.0763. The highest BCUT2D eigenvalue weighted by atomic mass is 35.5. The van der Waals surface area contributed by atoms with E-state index in [0.29, 0.717) is 43.3 Å². The molecule has 0 unspecified atom stereocenters. The van der Waals surface area contributed by atoms with Crippen LogP contribution in [0, 0.1) is 0 Å². The van der Waals surface area contributed by atoms with Gasteiger partial charge < -0.3 is 39.0 Å². The van der Waals surface area contributed by atoms with E-state index in [9.17, 15) is 41.0 Å². The predicted molar refractivity (Wildman–Crippen MR) is 286 cm³/mol. The summed E-state index contributed by atoms with van der Waals surface area (Å²) in [7, 11) is 0. The first kappa shape index (κ1) is 56.9. The summed E-state index contributed by atoms with van der Waals surface area (Å²) in [5.74, 6) is 0.553. The Morgan fingerprint density at radius 1 is 0.728 bits per heavy atom. The summed E-state index contributed by atoms with van der Waals surface area (Å²) in [6.07, 6.45) is -4.90. The summed E-state index contributed by atoms with van der Waals surface area (Å²) in [6.45, 7) is 6.12. The molecule has 2 aromatic carbocycles. The summed E-state index contributed by atoms with van der Waals surface area (Å²) in [5.41, 5.74) is 0.233. The summed E-state index contributed by atoms with van der Waals surface area (Å²) in [6, 6.07) is 14.2. The number of hydrogen-bond donors (Lipinski definition) is 4. The number of rotatable bonds is 11. The molecule has 4 bridgehead atoms. The Balaban J connectivity index is 0.000000182. The number of carbonyl (C=O) groups is 2. The minimum atomic E-state index is -4.54. The van der Waals surface area contributed by atoms with Gasteiger partial charge in [-0.3, -0.25) is 20.4 Å². The fraction of sp³-hybridized carbons (Fsp3) is 0.396. The Morgan fingerprint density at radius 2 is 1.21 bits per heavy atom. The number of aliphatic hydroxyl groups excluding tert-OH is 2. The zero-order valence-corrected chi connectivity index (χ0v) is 44.7. The Morgan fingerprint density at radius 3 is 1.65 bits per heavy atom. The van der Waals surface area contributed by atoms with Crippen molar-refractivity contribution in [3.63, 3.8) is 0 Å². The van der Waals surface area contributed by atoms with Crippen LogP contribution in [-0.2, 0) is 21.8 Å². The standard InChI is InChI=1S/C28H28ClF3N6O4.C25H24ClF3N6O4/c1-27(2)41-14-19(42-27)13-40-23-11-22(33-15-34-23)35-26(39)38-18-7-4-8-37(12-18)21-10-20(29)24(36-25(21)38)16-5-3-6-17(9-16)28(30,31)32;26-18-8-19-23(33-22(18)14-3-1-4-15(7-14)25(27,28)29)35(16-5-2-6-34(19)10-16)24(38)32-20-9-21(31-13-30-20)39-12-17(37)11-36/h3,5-6,9-11,15,18-19H,4,7-8,12-14H2,1-2H3,(H,33,34,35,39);1,3-4,7-9,13,16-17,36-37H,2,5-6,10-12H2,(H,30,31,32,38)/t18-,19-;16-,17+/m00/s1. The van der Waals surface area contributed by atoms with Gasteiger partial charge in [-0.15, -0.1) is 0 Å². The average Bonchev–Trinajstić information content (AvgIpc) is 3.99. The van der Waals surface area contributed by atoms with E-state index in [1.165, 1.54) is 58.9 Å². The molecule has 0 radical (unpaired) electrons. The molecule has 428 valence electrons. The van der Waals surface area contributed by atoms with Crippen molar-refractivity contribution in [1.29, 1.82) is 0 Å². The van der Waals surface area contributed by atoms with Crippen molar-refractivity contribution < 1.29 is 65.1 Å². The third kappa shape index (κ3) is 12.9. The number of piperidine rings is 2. The van der Waals surface area contributed by atoms with Crippen LogP contribution in [0.25, 0.3) is 22.5 Å². The third-order valence-corrected chi connectivity index (χ3v) is 14.3. The van der Waals surface area contributed by atoms with Gasteiger partial charge in [-0.2, -0.15) is 26.3 Å². The van der Waals surface area contributed by atoms with Crippen LogP contribution in [-0.4, -0.2) is 135 Å². The average molecular weight is 1170 g/mol. The first-order chi connectivity index (χ1) is 38.6. The lowest BCUT2D eigenvalue weighted by molar-refractivity contribution is -0.141. The van der Waals surface area contributed by atoms with Crippen molar-refractivity contribution in [3.05, 3.63) is 107 Å². The molecular formula is C53H52Cl2F6N12O8. The lowest BCUT2D eigenvalue weighted by Gasteiger charge is -2.46. The first-order valence-corrected chi connectivity index (χ1v) is 26.3. The molecule has 81 heavy (non-hydrogen) atoms. The van der Waals surface area contributed by atoms with Crippen molar-refractivity contribution in [2.24, 2.45) is 0 Å². The molecule has 0 spiro atoms. The SMILES string of the molecule is CC1(C)OC[C@H](COc2cc(NC(=O)N3c4nc(-c5cccc(C(F)(F)F)c5)c(Cl)cc4N4CCC[C@H]3C4)ncn2)O1.O=C(Nc1cc(OC[C@H](O)CO)ncn1)N1c2nc(-c3cccc(C(F)(F)F)c3)c(Cl)cc2N2CCC[C@H]1C2. The van der Waals surface area contributed by atoms with Crippen LogP contribution >= 0.6 is 23.2 Å². The van der Waals surface area contributed by atoms with Gasteiger partial charge >= 0.3 is 24.4 Å². The molecule has 9 heterocycles. The predicted octanol–water partition coefficient (Wildman–Crippen LogP) is 9.73. The van der Waals surface area contributed by atoms with E-state index in [2.05, 4.69) is 50.3 Å². The van der Waals surface area contributed by atoms with E-state index < -0.39 is 54.0 Å². The van der Waals surface area contributed by atoms with Crippen LogP contribution in [0.2, 0.25) is 10.0 Å². The van der Waals surface area contributed by atoms with Crippen molar-refractivity contribution in [3.8, 4) is 34.3 Å². The number of alkyl halides is 6. The molecule has 0 saturated carbocycles. The molecule has 3 saturated heterocycles. The Kier molecular flexibility index (Phi) is 16.3. The smallest absolute Gasteiger partial charge is 0.416 e. The Hall–Kier alpha value is -7.36. The zero-order valence-electron chi connectivity index (χ0n) is 43.2. The summed E-state index contributed by atoms with van der Waals surface area (Å²) in [4.78, 5) is 60.0. The molecule has 5 aliphatic heterocycles. The second-order valence-electron chi connectivity index (χ2n) is 20.0.